The maximum Gasteiger partial charge on any atom is 0.360 e. The van der Waals surface area contributed by atoms with Crippen LogP contribution in [0.3, 0.4) is 0 Å². The van der Waals surface area contributed by atoms with Crippen LogP contribution in [-0.4, -0.2) is 33.3 Å². The lowest BCUT2D eigenvalue weighted by Crippen LogP contribution is -2.15. The number of ether oxygens (including phenoxy) is 2. The number of rotatable bonds is 8. The lowest BCUT2D eigenvalue weighted by atomic mass is 10.1. The van der Waals surface area contributed by atoms with Gasteiger partial charge >= 0.3 is 5.97 Å². The maximum absolute atomic E-state index is 13.1. The Morgan fingerprint density at radius 2 is 1.90 bits per heavy atom. The van der Waals surface area contributed by atoms with E-state index >= 15 is 0 Å². The number of aryl methyl sites for hydroxylation is 1. The summed E-state index contributed by atoms with van der Waals surface area (Å²) in [5, 5.41) is 3.69. The van der Waals surface area contributed by atoms with E-state index in [4.69, 9.17) is 14.0 Å². The molecule has 0 fully saturated rings. The van der Waals surface area contributed by atoms with Crippen molar-refractivity contribution in [2.45, 2.75) is 25.2 Å². The van der Waals surface area contributed by atoms with Crippen LogP contribution in [-0.2, 0) is 21.2 Å². The standard InChI is InChI=1S/C21H22N2O6S/c1-4-14-8-6-7-9-16(14)23-30(25,26)20-12-15(10-11-18(20)27-3)19-13-17(22-29-19)21(24)28-5-2/h6-13,23H,4-5H2,1-3H3. The largest absolute Gasteiger partial charge is 0.495 e. The number of methoxy groups -OCH3 is 1. The monoisotopic (exact) mass is 430 g/mol. The molecule has 1 aromatic heterocycles. The quantitative estimate of drug-likeness (QED) is 0.540. The van der Waals surface area contributed by atoms with Crippen LogP contribution in [0.1, 0.15) is 29.9 Å². The first-order valence-corrected chi connectivity index (χ1v) is 10.8. The number of nitrogens with zero attached hydrogens (tertiary/aromatic N) is 1. The number of carbonyl (C=O) groups is 1. The summed E-state index contributed by atoms with van der Waals surface area (Å²) in [6.07, 6.45) is 0.671. The summed E-state index contributed by atoms with van der Waals surface area (Å²) in [5.41, 5.74) is 1.78. The Balaban J connectivity index is 1.99. The van der Waals surface area contributed by atoms with Gasteiger partial charge in [-0.15, -0.1) is 0 Å². The van der Waals surface area contributed by atoms with Gasteiger partial charge in [-0.3, -0.25) is 4.72 Å². The Morgan fingerprint density at radius 3 is 2.60 bits per heavy atom. The lowest BCUT2D eigenvalue weighted by Gasteiger charge is -2.14. The molecular weight excluding hydrogens is 408 g/mol. The fourth-order valence-electron chi connectivity index (χ4n) is 2.88. The van der Waals surface area contributed by atoms with Crippen molar-refractivity contribution in [1.82, 2.24) is 5.16 Å². The van der Waals surface area contributed by atoms with Crippen LogP contribution in [0.4, 0.5) is 5.69 Å². The van der Waals surface area contributed by atoms with E-state index in [1.54, 1.807) is 25.1 Å². The highest BCUT2D eigenvalue weighted by Gasteiger charge is 2.23. The molecular formula is C21H22N2O6S. The molecule has 0 aliphatic rings. The molecule has 0 atom stereocenters. The molecule has 0 aliphatic heterocycles. The summed E-state index contributed by atoms with van der Waals surface area (Å²) in [4.78, 5) is 11.7. The molecule has 1 N–H and O–H groups in total. The van der Waals surface area contributed by atoms with Crippen LogP contribution < -0.4 is 9.46 Å². The highest BCUT2D eigenvalue weighted by atomic mass is 32.2. The SMILES string of the molecule is CCOC(=O)c1cc(-c2ccc(OC)c(S(=O)(=O)Nc3ccccc3CC)c2)on1. The van der Waals surface area contributed by atoms with Crippen molar-refractivity contribution in [3.63, 3.8) is 0 Å². The van der Waals surface area contributed by atoms with Crippen molar-refractivity contribution < 1.29 is 27.2 Å². The van der Waals surface area contributed by atoms with E-state index in [1.807, 2.05) is 19.1 Å². The fraction of sp³-hybridized carbons (Fsp3) is 0.238. The van der Waals surface area contributed by atoms with Crippen LogP contribution in [0.25, 0.3) is 11.3 Å². The topological polar surface area (TPSA) is 108 Å². The molecule has 0 saturated carbocycles. The molecule has 8 nitrogen and oxygen atoms in total. The summed E-state index contributed by atoms with van der Waals surface area (Å²) >= 11 is 0. The fourth-order valence-corrected chi connectivity index (χ4v) is 4.18. The van der Waals surface area contributed by atoms with Gasteiger partial charge in [0, 0.05) is 11.6 Å². The van der Waals surface area contributed by atoms with Crippen LogP contribution in [0.2, 0.25) is 0 Å². The second-order valence-corrected chi connectivity index (χ2v) is 7.93. The Hall–Kier alpha value is -3.33. The highest BCUT2D eigenvalue weighted by Crippen LogP contribution is 2.32. The van der Waals surface area contributed by atoms with E-state index in [2.05, 4.69) is 9.88 Å². The van der Waals surface area contributed by atoms with Crippen molar-refractivity contribution in [3.05, 3.63) is 59.8 Å². The molecule has 0 aliphatic carbocycles. The van der Waals surface area contributed by atoms with Crippen molar-refractivity contribution in [3.8, 4) is 17.1 Å². The Morgan fingerprint density at radius 1 is 1.13 bits per heavy atom. The Bertz CT molecular complexity index is 1150. The zero-order chi connectivity index (χ0) is 21.7. The zero-order valence-electron chi connectivity index (χ0n) is 16.8. The van der Waals surface area contributed by atoms with Gasteiger partial charge in [0.1, 0.15) is 10.6 Å². The van der Waals surface area contributed by atoms with Gasteiger partial charge in [0.25, 0.3) is 10.0 Å². The van der Waals surface area contributed by atoms with Crippen molar-refractivity contribution >= 4 is 21.7 Å². The van der Waals surface area contributed by atoms with Crippen molar-refractivity contribution in [1.29, 1.82) is 0 Å². The number of hydrogen-bond acceptors (Lipinski definition) is 7. The van der Waals surface area contributed by atoms with E-state index in [1.165, 1.54) is 25.3 Å². The summed E-state index contributed by atoms with van der Waals surface area (Å²) in [6, 6.07) is 13.1. The van der Waals surface area contributed by atoms with Crippen molar-refractivity contribution in [2.24, 2.45) is 0 Å². The molecule has 0 spiro atoms. The number of esters is 1. The number of para-hydroxylation sites is 1. The summed E-state index contributed by atoms with van der Waals surface area (Å²) < 4.78 is 44.2. The smallest absolute Gasteiger partial charge is 0.360 e. The average molecular weight is 430 g/mol. The first-order chi connectivity index (χ1) is 14.4. The Kier molecular flexibility index (Phi) is 6.41. The number of nitrogens with one attached hydrogen (secondary N) is 1. The van der Waals surface area contributed by atoms with Crippen molar-refractivity contribution in [2.75, 3.05) is 18.4 Å². The second kappa shape index (κ2) is 9.00. The van der Waals surface area contributed by atoms with Crippen LogP contribution in [0.15, 0.2) is 57.9 Å². The van der Waals surface area contributed by atoms with E-state index in [0.29, 0.717) is 17.7 Å². The van der Waals surface area contributed by atoms with Crippen LogP contribution in [0, 0.1) is 0 Å². The molecule has 1 heterocycles. The third-order valence-corrected chi connectivity index (χ3v) is 5.76. The molecule has 0 saturated heterocycles. The third kappa shape index (κ3) is 4.46. The molecule has 9 heteroatoms. The molecule has 0 unspecified atom stereocenters. The predicted molar refractivity (Wildman–Crippen MR) is 111 cm³/mol. The highest BCUT2D eigenvalue weighted by molar-refractivity contribution is 7.92. The molecule has 0 radical (unpaired) electrons. The number of hydrogen-bond donors (Lipinski definition) is 1. The first kappa shape index (κ1) is 21.4. The minimum Gasteiger partial charge on any atom is -0.495 e. The van der Waals surface area contributed by atoms with Gasteiger partial charge in [0.05, 0.1) is 19.4 Å². The average Bonchev–Trinajstić information content (AvgIpc) is 3.24. The predicted octanol–water partition coefficient (Wildman–Crippen LogP) is 3.89. The summed E-state index contributed by atoms with van der Waals surface area (Å²) in [5.74, 6) is -0.219. The lowest BCUT2D eigenvalue weighted by molar-refractivity contribution is 0.0514. The molecule has 0 bridgehead atoms. The maximum atomic E-state index is 13.1. The molecule has 0 amide bonds. The van der Waals surface area contributed by atoms with Gasteiger partial charge in [-0.1, -0.05) is 30.3 Å². The Labute approximate surface area is 174 Å². The number of aromatic nitrogens is 1. The third-order valence-electron chi connectivity index (χ3n) is 4.37. The van der Waals surface area contributed by atoms with Gasteiger partial charge < -0.3 is 14.0 Å². The molecule has 158 valence electrons. The van der Waals surface area contributed by atoms with E-state index in [0.717, 1.165) is 5.56 Å². The van der Waals surface area contributed by atoms with Gasteiger partial charge in [-0.25, -0.2) is 13.2 Å². The first-order valence-electron chi connectivity index (χ1n) is 9.32. The van der Waals surface area contributed by atoms with Gasteiger partial charge in [0.2, 0.25) is 0 Å². The molecule has 3 rings (SSSR count). The molecule has 2 aromatic carbocycles. The number of benzene rings is 2. The second-order valence-electron chi connectivity index (χ2n) is 6.28. The van der Waals surface area contributed by atoms with Crippen LogP contribution >= 0.6 is 0 Å². The van der Waals surface area contributed by atoms with E-state index < -0.39 is 16.0 Å². The summed E-state index contributed by atoms with van der Waals surface area (Å²) in [7, 11) is -2.58. The van der Waals surface area contributed by atoms with E-state index in [9.17, 15) is 13.2 Å². The molecule has 30 heavy (non-hydrogen) atoms. The van der Waals surface area contributed by atoms with Gasteiger partial charge in [0.15, 0.2) is 11.5 Å². The van der Waals surface area contributed by atoms with Gasteiger partial charge in [-0.2, -0.15) is 0 Å². The summed E-state index contributed by atoms with van der Waals surface area (Å²) in [6.45, 7) is 3.83. The number of carbonyl (C=O) groups excluding carboxylic acids is 1. The molecule has 3 aromatic rings. The zero-order valence-corrected chi connectivity index (χ0v) is 17.7. The normalized spacial score (nSPS) is 11.2. The van der Waals surface area contributed by atoms with E-state index in [-0.39, 0.29) is 28.7 Å². The number of anilines is 1. The van der Waals surface area contributed by atoms with Crippen LogP contribution in [0.5, 0.6) is 5.75 Å². The minimum atomic E-state index is -3.97. The minimum absolute atomic E-state index is 0.00192. The number of sulfonamides is 1. The van der Waals surface area contributed by atoms with Gasteiger partial charge in [-0.05, 0) is 43.2 Å².